The van der Waals surface area contributed by atoms with E-state index < -0.39 is 14.0 Å². The van der Waals surface area contributed by atoms with Crippen molar-refractivity contribution in [1.82, 2.24) is 10.6 Å². The van der Waals surface area contributed by atoms with E-state index in [0.29, 0.717) is 13.0 Å². The van der Waals surface area contributed by atoms with E-state index in [9.17, 15) is 14.5 Å². The number of hydrogen-bond donors (Lipinski definition) is 2. The molecule has 0 aliphatic heterocycles. The molecule has 1 heterocycles. The van der Waals surface area contributed by atoms with Gasteiger partial charge in [-0.05, 0) is 42.4 Å². The van der Waals surface area contributed by atoms with Crippen LogP contribution in [0.2, 0.25) is 0 Å². The van der Waals surface area contributed by atoms with Gasteiger partial charge >= 0.3 is 0 Å². The molecule has 1 aromatic carbocycles. The predicted octanol–water partition coefficient (Wildman–Crippen LogP) is 3.44. The summed E-state index contributed by atoms with van der Waals surface area (Å²) < 4.78 is 9.24. The molecule has 2 amide bonds. The average Bonchev–Trinajstić information content (AvgIpc) is 3.24. The molecule has 2 N–H and O–H groups in total. The van der Waals surface area contributed by atoms with Crippen LogP contribution >= 0.6 is 7.94 Å². The second-order valence-electron chi connectivity index (χ2n) is 7.61. The number of carbonyl (C=O) groups excluding carboxylic acids is 2. The van der Waals surface area contributed by atoms with Crippen LogP contribution in [-0.4, -0.2) is 30.7 Å². The first kappa shape index (κ1) is 23.8. The maximum Gasteiger partial charge on any atom is 0.248 e. The van der Waals surface area contributed by atoms with Gasteiger partial charge in [0.2, 0.25) is 11.8 Å². The van der Waals surface area contributed by atoms with Crippen molar-refractivity contribution in [3.8, 4) is 11.1 Å². The second-order valence-corrected chi connectivity index (χ2v) is 8.86. The minimum atomic E-state index is -2.01. The van der Waals surface area contributed by atoms with Crippen molar-refractivity contribution in [1.29, 1.82) is 0 Å². The Balaban J connectivity index is 1.81. The molecular weight excluding hydrogens is 401 g/mol. The number of aryl methyl sites for hydroxylation is 1. The topological polar surface area (TPSA) is 107 Å². The van der Waals surface area contributed by atoms with Crippen LogP contribution in [0.25, 0.3) is 11.1 Å². The van der Waals surface area contributed by atoms with E-state index in [4.69, 9.17) is 4.42 Å². The highest BCUT2D eigenvalue weighted by Crippen LogP contribution is 2.21. The van der Waals surface area contributed by atoms with Crippen LogP contribution in [0.15, 0.2) is 52.0 Å². The lowest BCUT2D eigenvalue weighted by Crippen LogP contribution is -2.35. The van der Waals surface area contributed by atoms with Gasteiger partial charge in [0, 0.05) is 19.0 Å². The zero-order valence-corrected chi connectivity index (χ0v) is 18.7. The van der Waals surface area contributed by atoms with Crippen LogP contribution in [0.3, 0.4) is 0 Å². The van der Waals surface area contributed by atoms with Crippen LogP contribution in [0.5, 0.6) is 0 Å². The molecule has 0 aliphatic carbocycles. The average molecular weight is 431 g/mol. The molecular formula is C22H30N3O4P. The number of amides is 2. The smallest absolute Gasteiger partial charge is 0.248 e. The highest BCUT2D eigenvalue weighted by molar-refractivity contribution is 7.39. The van der Waals surface area contributed by atoms with Gasteiger partial charge < -0.3 is 19.9 Å². The van der Waals surface area contributed by atoms with Gasteiger partial charge in [-0.25, -0.2) is 0 Å². The molecule has 162 valence electrons. The van der Waals surface area contributed by atoms with E-state index in [0.717, 1.165) is 24.0 Å². The summed E-state index contributed by atoms with van der Waals surface area (Å²) in [5.41, 5.74) is 3.34. The molecule has 0 radical (unpaired) electrons. The van der Waals surface area contributed by atoms with Gasteiger partial charge in [0.05, 0.1) is 12.5 Å². The standard InChI is InChI=1S/C22H30N3O4P/c1-16(2)13-21(25-30(28)15-24-17(3)26)22(27)23-11-4-5-18-6-8-19(9-7-18)20-10-12-29-14-20/h6-10,12,14,16,21H,4-5,11,13,15H2,1-3H3,(H,23,27)(H,24,26)/t21-/m0/s1. The Bertz CT molecular complexity index is 833. The Morgan fingerprint density at radius 3 is 2.47 bits per heavy atom. The van der Waals surface area contributed by atoms with Crippen LogP contribution in [0, 0.1) is 5.92 Å². The van der Waals surface area contributed by atoms with Crippen molar-refractivity contribution in [3.05, 3.63) is 48.4 Å². The van der Waals surface area contributed by atoms with E-state index in [2.05, 4.69) is 39.6 Å². The second kappa shape index (κ2) is 12.3. The summed E-state index contributed by atoms with van der Waals surface area (Å²) >= 11 is 0. The Morgan fingerprint density at radius 2 is 1.87 bits per heavy atom. The summed E-state index contributed by atoms with van der Waals surface area (Å²) in [5.74, 6) is -0.246. The SMILES string of the molecule is CC(=O)NC[P+]([O-])=N[C@@H](CC(C)C)C(=O)NCCCc1ccc(-c2ccoc2)cc1. The summed E-state index contributed by atoms with van der Waals surface area (Å²) in [5, 5.41) is 5.37. The van der Waals surface area contributed by atoms with E-state index in [1.165, 1.54) is 12.5 Å². The fourth-order valence-electron chi connectivity index (χ4n) is 2.94. The van der Waals surface area contributed by atoms with Crippen molar-refractivity contribution >= 4 is 19.8 Å². The van der Waals surface area contributed by atoms with Gasteiger partial charge in [-0.1, -0.05) is 42.9 Å². The van der Waals surface area contributed by atoms with Gasteiger partial charge in [0.15, 0.2) is 20.3 Å². The fraction of sp³-hybridized carbons (Fsp3) is 0.455. The molecule has 0 saturated carbocycles. The quantitative estimate of drug-likeness (QED) is 0.420. The zero-order valence-electron chi connectivity index (χ0n) is 17.8. The first-order valence-electron chi connectivity index (χ1n) is 10.1. The number of nitrogens with one attached hydrogen (secondary N) is 2. The van der Waals surface area contributed by atoms with Gasteiger partial charge in [0.1, 0.15) is 0 Å². The number of hydrogen-bond acceptors (Lipinski definition) is 5. The lowest BCUT2D eigenvalue weighted by Gasteiger charge is -2.14. The molecule has 0 spiro atoms. The molecule has 7 nitrogen and oxygen atoms in total. The Kier molecular flexibility index (Phi) is 9.71. The summed E-state index contributed by atoms with van der Waals surface area (Å²) in [6.07, 6.45) is 5.48. The number of carbonyl (C=O) groups is 2. The lowest BCUT2D eigenvalue weighted by molar-refractivity contribution is -0.157. The molecule has 1 unspecified atom stereocenters. The van der Waals surface area contributed by atoms with Gasteiger partial charge in [-0.3, -0.25) is 9.59 Å². The highest BCUT2D eigenvalue weighted by atomic mass is 31.1. The molecule has 2 rings (SSSR count). The predicted molar refractivity (Wildman–Crippen MR) is 117 cm³/mol. The molecule has 0 bridgehead atoms. The van der Waals surface area contributed by atoms with E-state index in [1.54, 1.807) is 12.5 Å². The minimum absolute atomic E-state index is 0.0403. The third kappa shape index (κ3) is 8.47. The Morgan fingerprint density at radius 1 is 1.13 bits per heavy atom. The largest absolute Gasteiger partial charge is 0.611 e. The van der Waals surface area contributed by atoms with Crippen LogP contribution in [0.4, 0.5) is 0 Å². The molecule has 0 saturated heterocycles. The molecule has 30 heavy (non-hydrogen) atoms. The monoisotopic (exact) mass is 431 g/mol. The third-order valence-electron chi connectivity index (χ3n) is 4.48. The van der Waals surface area contributed by atoms with Crippen molar-refractivity contribution in [2.75, 3.05) is 12.8 Å². The molecule has 0 aliphatic rings. The van der Waals surface area contributed by atoms with E-state index in [-0.39, 0.29) is 24.0 Å². The van der Waals surface area contributed by atoms with Crippen molar-refractivity contribution in [2.45, 2.75) is 46.1 Å². The summed E-state index contributed by atoms with van der Waals surface area (Å²) in [4.78, 5) is 35.5. The first-order valence-corrected chi connectivity index (χ1v) is 11.5. The number of benzene rings is 1. The third-order valence-corrected chi connectivity index (χ3v) is 5.44. The highest BCUT2D eigenvalue weighted by Gasteiger charge is 2.22. The first-order chi connectivity index (χ1) is 14.3. The van der Waals surface area contributed by atoms with Crippen LogP contribution < -0.4 is 15.5 Å². The fourth-order valence-corrected chi connectivity index (χ4v) is 3.89. The van der Waals surface area contributed by atoms with Crippen LogP contribution in [-0.2, 0) is 16.0 Å². The van der Waals surface area contributed by atoms with E-state index in [1.807, 2.05) is 19.9 Å². The van der Waals surface area contributed by atoms with Crippen molar-refractivity contribution in [3.63, 3.8) is 0 Å². The maximum absolute atomic E-state index is 12.5. The number of nitrogens with zero attached hydrogens (tertiary/aromatic N) is 1. The van der Waals surface area contributed by atoms with Crippen molar-refractivity contribution < 1.29 is 18.9 Å². The zero-order chi connectivity index (χ0) is 21.9. The maximum atomic E-state index is 12.5. The Labute approximate surface area is 178 Å². The molecule has 0 fully saturated rings. The summed E-state index contributed by atoms with van der Waals surface area (Å²) in [6, 6.07) is 9.52. The molecule has 2 aromatic rings. The Hall–Kier alpha value is -2.50. The number of rotatable bonds is 11. The number of furan rings is 1. The van der Waals surface area contributed by atoms with Gasteiger partial charge in [0.25, 0.3) is 0 Å². The van der Waals surface area contributed by atoms with Gasteiger partial charge in [-0.2, -0.15) is 0 Å². The molecule has 1 aromatic heterocycles. The molecule has 8 heteroatoms. The molecule has 2 atom stereocenters. The normalized spacial score (nSPS) is 12.6. The van der Waals surface area contributed by atoms with Crippen molar-refractivity contribution in [2.24, 2.45) is 10.7 Å². The summed E-state index contributed by atoms with van der Waals surface area (Å²) in [6.45, 7) is 5.86. The van der Waals surface area contributed by atoms with Crippen LogP contribution in [0.1, 0.15) is 39.2 Å². The van der Waals surface area contributed by atoms with E-state index >= 15 is 0 Å². The lowest BCUT2D eigenvalue weighted by atomic mass is 10.0. The minimum Gasteiger partial charge on any atom is -0.611 e. The van der Waals surface area contributed by atoms with Gasteiger partial charge in [-0.15, -0.1) is 0 Å². The summed E-state index contributed by atoms with van der Waals surface area (Å²) in [7, 11) is -2.01.